The van der Waals surface area contributed by atoms with Gasteiger partial charge < -0.3 is 9.80 Å². The average Bonchev–Trinajstić information content (AvgIpc) is 2.80. The van der Waals surface area contributed by atoms with Crippen LogP contribution in [0.3, 0.4) is 0 Å². The molecule has 4 nitrogen and oxygen atoms in total. The molecular formula is C26H25ClN2O2. The zero-order valence-electron chi connectivity index (χ0n) is 17.7. The number of halogens is 1. The molecule has 1 aliphatic heterocycles. The molecule has 3 aromatic carbocycles. The second-order valence-corrected chi connectivity index (χ2v) is 8.23. The lowest BCUT2D eigenvalue weighted by atomic mass is 9.84. The Labute approximate surface area is 188 Å². The van der Waals surface area contributed by atoms with Crippen molar-refractivity contribution in [3.8, 4) is 0 Å². The molecule has 31 heavy (non-hydrogen) atoms. The van der Waals surface area contributed by atoms with Crippen LogP contribution in [0.1, 0.15) is 42.1 Å². The van der Waals surface area contributed by atoms with Crippen LogP contribution in [0.25, 0.3) is 0 Å². The molecule has 4 rings (SSSR count). The zero-order chi connectivity index (χ0) is 22.0. The van der Waals surface area contributed by atoms with E-state index in [0.717, 1.165) is 16.9 Å². The molecule has 0 radical (unpaired) electrons. The highest BCUT2D eigenvalue weighted by atomic mass is 35.5. The molecule has 0 bridgehead atoms. The summed E-state index contributed by atoms with van der Waals surface area (Å²) in [6.07, 6.45) is 0.568. The summed E-state index contributed by atoms with van der Waals surface area (Å²) in [6.45, 7) is 4.53. The van der Waals surface area contributed by atoms with E-state index in [1.165, 1.54) is 0 Å². The highest BCUT2D eigenvalue weighted by Gasteiger charge is 2.38. The van der Waals surface area contributed by atoms with E-state index in [9.17, 15) is 9.59 Å². The zero-order valence-corrected chi connectivity index (χ0v) is 18.4. The highest BCUT2D eigenvalue weighted by molar-refractivity contribution is 6.30. The van der Waals surface area contributed by atoms with Gasteiger partial charge in [0.05, 0.1) is 5.92 Å². The second kappa shape index (κ2) is 8.94. The van der Waals surface area contributed by atoms with Crippen LogP contribution < -0.4 is 9.80 Å². The molecule has 0 saturated carbocycles. The van der Waals surface area contributed by atoms with Gasteiger partial charge in [-0.2, -0.15) is 0 Å². The maximum absolute atomic E-state index is 13.7. The molecular weight excluding hydrogens is 408 g/mol. The molecule has 0 fully saturated rings. The molecule has 0 saturated heterocycles. The van der Waals surface area contributed by atoms with Crippen LogP contribution >= 0.6 is 11.6 Å². The molecule has 2 unspecified atom stereocenters. The molecule has 5 heteroatoms. The Morgan fingerprint density at radius 2 is 1.61 bits per heavy atom. The predicted molar refractivity (Wildman–Crippen MR) is 126 cm³/mol. The van der Waals surface area contributed by atoms with Gasteiger partial charge >= 0.3 is 0 Å². The van der Waals surface area contributed by atoms with Crippen LogP contribution in [0.2, 0.25) is 5.02 Å². The molecule has 1 aliphatic rings. The Kier molecular flexibility index (Phi) is 6.10. The Bertz CT molecular complexity index is 1080. The normalized spacial score (nSPS) is 17.7. The summed E-state index contributed by atoms with van der Waals surface area (Å²) in [5, 5.41) is 0.638. The van der Waals surface area contributed by atoms with Crippen LogP contribution in [0, 0.1) is 0 Å². The highest BCUT2D eigenvalue weighted by Crippen LogP contribution is 2.40. The van der Waals surface area contributed by atoms with E-state index < -0.39 is 0 Å². The first-order valence-corrected chi connectivity index (χ1v) is 10.9. The lowest BCUT2D eigenvalue weighted by Crippen LogP contribution is -2.46. The Morgan fingerprint density at radius 3 is 2.29 bits per heavy atom. The Morgan fingerprint density at radius 1 is 0.968 bits per heavy atom. The molecule has 0 aromatic heterocycles. The third kappa shape index (κ3) is 4.08. The number of nitrogens with zero attached hydrogens (tertiary/aromatic N) is 2. The van der Waals surface area contributed by atoms with Crippen molar-refractivity contribution in [3.05, 3.63) is 95.0 Å². The fourth-order valence-electron chi connectivity index (χ4n) is 4.35. The van der Waals surface area contributed by atoms with Gasteiger partial charge in [-0.1, -0.05) is 48.0 Å². The summed E-state index contributed by atoms with van der Waals surface area (Å²) < 4.78 is 0. The maximum atomic E-state index is 13.7. The number of anilines is 2. The SMILES string of the molecule is CCN(C(=O)C1CC(C)N(C(=O)c2ccccc2)c2ccccc21)c1ccc(Cl)cc1. The van der Waals surface area contributed by atoms with Crippen LogP contribution in [0.5, 0.6) is 0 Å². The molecule has 3 aromatic rings. The van der Waals surface area contributed by atoms with E-state index in [1.807, 2.05) is 85.5 Å². The molecule has 1 heterocycles. The first-order chi connectivity index (χ1) is 15.0. The maximum Gasteiger partial charge on any atom is 0.258 e. The first kappa shape index (κ1) is 21.1. The predicted octanol–water partition coefficient (Wildman–Crippen LogP) is 5.92. The van der Waals surface area contributed by atoms with Gasteiger partial charge in [-0.05, 0) is 68.3 Å². The lowest BCUT2D eigenvalue weighted by molar-refractivity contribution is -0.120. The monoisotopic (exact) mass is 432 g/mol. The van der Waals surface area contributed by atoms with Gasteiger partial charge in [0.25, 0.3) is 5.91 Å². The van der Waals surface area contributed by atoms with E-state index in [1.54, 1.807) is 17.0 Å². The molecule has 158 valence electrons. The average molecular weight is 433 g/mol. The quantitative estimate of drug-likeness (QED) is 0.513. The number of hydrogen-bond donors (Lipinski definition) is 0. The van der Waals surface area contributed by atoms with E-state index in [-0.39, 0.29) is 23.8 Å². The summed E-state index contributed by atoms with van der Waals surface area (Å²) in [6, 6.07) is 24.2. The van der Waals surface area contributed by atoms with Gasteiger partial charge in [-0.15, -0.1) is 0 Å². The number of para-hydroxylation sites is 1. The summed E-state index contributed by atoms with van der Waals surface area (Å²) in [7, 11) is 0. The first-order valence-electron chi connectivity index (χ1n) is 10.6. The minimum atomic E-state index is -0.318. The van der Waals surface area contributed by atoms with E-state index in [0.29, 0.717) is 23.6 Å². The van der Waals surface area contributed by atoms with Gasteiger partial charge in [0, 0.05) is 34.5 Å². The number of amides is 2. The number of carbonyl (C=O) groups is 2. The fourth-order valence-corrected chi connectivity index (χ4v) is 4.48. The standard InChI is InChI=1S/C26H25ClN2O2/c1-3-28(21-15-13-20(27)14-16-21)26(31)23-17-18(2)29(24-12-8-7-11-22(23)24)25(30)19-9-5-4-6-10-19/h4-16,18,23H,3,17H2,1-2H3. The van der Waals surface area contributed by atoms with Crippen molar-refractivity contribution < 1.29 is 9.59 Å². The van der Waals surface area contributed by atoms with Crippen LogP contribution in [-0.2, 0) is 4.79 Å². The van der Waals surface area contributed by atoms with Crippen molar-refractivity contribution in [1.82, 2.24) is 0 Å². The molecule has 0 spiro atoms. The van der Waals surface area contributed by atoms with Crippen LogP contribution in [0.4, 0.5) is 11.4 Å². The number of benzene rings is 3. The van der Waals surface area contributed by atoms with Crippen molar-refractivity contribution >= 4 is 34.8 Å². The summed E-state index contributed by atoms with van der Waals surface area (Å²) in [5.74, 6) is -0.325. The number of rotatable bonds is 4. The molecule has 0 N–H and O–H groups in total. The number of hydrogen-bond acceptors (Lipinski definition) is 2. The Balaban J connectivity index is 1.70. The van der Waals surface area contributed by atoms with Crippen molar-refractivity contribution in [1.29, 1.82) is 0 Å². The van der Waals surface area contributed by atoms with Crippen molar-refractivity contribution in [2.75, 3.05) is 16.3 Å². The smallest absolute Gasteiger partial charge is 0.258 e. The minimum Gasteiger partial charge on any atom is -0.312 e. The topological polar surface area (TPSA) is 40.6 Å². The number of likely N-dealkylation sites (N-methyl/N-ethyl adjacent to an activating group) is 1. The third-order valence-electron chi connectivity index (χ3n) is 5.85. The van der Waals surface area contributed by atoms with Gasteiger partial charge in [-0.3, -0.25) is 9.59 Å². The number of carbonyl (C=O) groups excluding carboxylic acids is 2. The van der Waals surface area contributed by atoms with E-state index in [4.69, 9.17) is 11.6 Å². The van der Waals surface area contributed by atoms with E-state index >= 15 is 0 Å². The number of fused-ring (bicyclic) bond motifs is 1. The second-order valence-electron chi connectivity index (χ2n) is 7.80. The van der Waals surface area contributed by atoms with Crippen molar-refractivity contribution in [2.24, 2.45) is 0 Å². The summed E-state index contributed by atoms with van der Waals surface area (Å²) in [4.78, 5) is 30.6. The lowest BCUT2D eigenvalue weighted by Gasteiger charge is -2.40. The van der Waals surface area contributed by atoms with Crippen molar-refractivity contribution in [2.45, 2.75) is 32.2 Å². The van der Waals surface area contributed by atoms with Crippen LogP contribution in [-0.4, -0.2) is 24.4 Å². The van der Waals surface area contributed by atoms with Crippen molar-refractivity contribution in [3.63, 3.8) is 0 Å². The van der Waals surface area contributed by atoms with Gasteiger partial charge in [0.1, 0.15) is 0 Å². The van der Waals surface area contributed by atoms with Gasteiger partial charge in [-0.25, -0.2) is 0 Å². The van der Waals surface area contributed by atoms with E-state index in [2.05, 4.69) is 0 Å². The minimum absolute atomic E-state index is 0.0379. The summed E-state index contributed by atoms with van der Waals surface area (Å²) in [5.41, 5.74) is 3.16. The molecule has 2 atom stereocenters. The summed E-state index contributed by atoms with van der Waals surface area (Å²) >= 11 is 6.03. The van der Waals surface area contributed by atoms with Gasteiger partial charge in [0.2, 0.25) is 5.91 Å². The Hall–Kier alpha value is -3.11. The molecule has 0 aliphatic carbocycles. The third-order valence-corrected chi connectivity index (χ3v) is 6.10. The fraction of sp³-hybridized carbons (Fsp3) is 0.231. The van der Waals surface area contributed by atoms with Gasteiger partial charge in [0.15, 0.2) is 0 Å². The molecule has 2 amide bonds. The van der Waals surface area contributed by atoms with Crippen LogP contribution in [0.15, 0.2) is 78.9 Å². The largest absolute Gasteiger partial charge is 0.312 e.